The summed E-state index contributed by atoms with van der Waals surface area (Å²) in [6.45, 7) is -0.830. The van der Waals surface area contributed by atoms with E-state index in [1.54, 1.807) is 0 Å². The minimum Gasteiger partial charge on any atom is -0.506 e. The highest BCUT2D eigenvalue weighted by Gasteiger charge is 2.22. The molecule has 0 saturated carbocycles. The summed E-state index contributed by atoms with van der Waals surface area (Å²) in [7, 11) is 0. The van der Waals surface area contributed by atoms with Crippen molar-refractivity contribution in [3.05, 3.63) is 34.2 Å². The van der Waals surface area contributed by atoms with Gasteiger partial charge in [0.15, 0.2) is 0 Å². The molecule has 8 nitrogen and oxygen atoms in total. The van der Waals surface area contributed by atoms with E-state index in [1.807, 2.05) is 5.32 Å². The number of carbonyl (C=O) groups is 2. The molecule has 0 radical (unpaired) electrons. The van der Waals surface area contributed by atoms with Crippen LogP contribution in [0.2, 0.25) is 0 Å². The molecule has 0 aromatic carbocycles. The van der Waals surface area contributed by atoms with Crippen molar-refractivity contribution in [2.45, 2.75) is 6.54 Å². The Morgan fingerprint density at radius 2 is 2.18 bits per heavy atom. The van der Waals surface area contributed by atoms with Crippen LogP contribution in [0.15, 0.2) is 23.1 Å². The summed E-state index contributed by atoms with van der Waals surface area (Å²) in [4.78, 5) is 38.8. The lowest BCUT2D eigenvalue weighted by Crippen LogP contribution is -2.36. The summed E-state index contributed by atoms with van der Waals surface area (Å²) >= 11 is 0. The summed E-state index contributed by atoms with van der Waals surface area (Å²) in [6, 6.07) is 2.99. The first-order valence-electron chi connectivity index (χ1n) is 6.11. The quantitative estimate of drug-likeness (QED) is 0.658. The van der Waals surface area contributed by atoms with Crippen LogP contribution in [0, 0.1) is 12.3 Å². The van der Waals surface area contributed by atoms with Crippen molar-refractivity contribution in [3.63, 3.8) is 0 Å². The van der Waals surface area contributed by atoms with Crippen molar-refractivity contribution in [2.24, 2.45) is 0 Å². The molecule has 8 heteroatoms. The van der Waals surface area contributed by atoms with Gasteiger partial charge in [0.1, 0.15) is 23.5 Å². The van der Waals surface area contributed by atoms with Gasteiger partial charge in [-0.2, -0.15) is 0 Å². The predicted molar refractivity (Wildman–Crippen MR) is 76.5 cm³/mol. The third-order valence-electron chi connectivity index (χ3n) is 2.87. The first-order valence-corrected chi connectivity index (χ1v) is 6.11. The molecule has 0 aliphatic rings. The number of pyridine rings is 2. The highest BCUT2D eigenvalue weighted by molar-refractivity contribution is 6.02. The van der Waals surface area contributed by atoms with E-state index in [2.05, 4.69) is 10.9 Å². The lowest BCUT2D eigenvalue weighted by atomic mass is 10.1. The van der Waals surface area contributed by atoms with E-state index in [1.165, 1.54) is 18.3 Å². The summed E-state index contributed by atoms with van der Waals surface area (Å²) in [5.74, 6) is -0.574. The first kappa shape index (κ1) is 15.1. The van der Waals surface area contributed by atoms with Crippen LogP contribution in [-0.2, 0) is 11.3 Å². The van der Waals surface area contributed by atoms with Gasteiger partial charge in [0.2, 0.25) is 0 Å². The summed E-state index contributed by atoms with van der Waals surface area (Å²) < 4.78 is 1.06. The number of hydrogen-bond acceptors (Lipinski definition) is 5. The number of terminal acetylenes is 1. The lowest BCUT2D eigenvalue weighted by Gasteiger charge is -2.11. The van der Waals surface area contributed by atoms with E-state index in [0.717, 1.165) is 4.57 Å². The van der Waals surface area contributed by atoms with Crippen molar-refractivity contribution in [1.29, 1.82) is 0 Å². The molecule has 112 valence electrons. The third-order valence-corrected chi connectivity index (χ3v) is 2.87. The molecular weight excluding hydrogens is 290 g/mol. The van der Waals surface area contributed by atoms with Gasteiger partial charge in [0, 0.05) is 6.20 Å². The van der Waals surface area contributed by atoms with Crippen LogP contribution in [0.5, 0.6) is 5.75 Å². The number of aromatic nitrogens is 2. The van der Waals surface area contributed by atoms with Crippen LogP contribution in [0.3, 0.4) is 0 Å². The van der Waals surface area contributed by atoms with Crippen LogP contribution in [0.1, 0.15) is 10.4 Å². The van der Waals surface area contributed by atoms with Crippen molar-refractivity contribution in [3.8, 4) is 18.1 Å². The second-order valence-electron chi connectivity index (χ2n) is 4.27. The molecule has 0 saturated heterocycles. The molecule has 0 fully saturated rings. The van der Waals surface area contributed by atoms with Gasteiger partial charge in [-0.15, -0.1) is 6.42 Å². The van der Waals surface area contributed by atoms with E-state index in [9.17, 15) is 19.5 Å². The fourth-order valence-corrected chi connectivity index (χ4v) is 1.95. The Kier molecular flexibility index (Phi) is 4.08. The minimum atomic E-state index is -1.28. The Hall–Kier alpha value is -3.34. The molecule has 0 bridgehead atoms. The molecular formula is C14H11N3O5. The van der Waals surface area contributed by atoms with Gasteiger partial charge < -0.3 is 15.5 Å². The topological polar surface area (TPSA) is 122 Å². The van der Waals surface area contributed by atoms with Crippen LogP contribution in [-0.4, -0.2) is 38.2 Å². The molecule has 2 aromatic heterocycles. The van der Waals surface area contributed by atoms with Crippen LogP contribution >= 0.6 is 0 Å². The number of fused-ring (bicyclic) bond motifs is 1. The number of aromatic hydroxyl groups is 1. The maximum atomic E-state index is 12.3. The number of nitrogens with one attached hydrogen (secondary N) is 1. The van der Waals surface area contributed by atoms with Crippen molar-refractivity contribution >= 4 is 22.9 Å². The van der Waals surface area contributed by atoms with Gasteiger partial charge in [-0.05, 0) is 12.1 Å². The van der Waals surface area contributed by atoms with Gasteiger partial charge in [-0.1, -0.05) is 5.92 Å². The largest absolute Gasteiger partial charge is 0.506 e. The smallest absolute Gasteiger partial charge is 0.322 e. The molecule has 0 atom stereocenters. The lowest BCUT2D eigenvalue weighted by molar-refractivity contribution is -0.135. The van der Waals surface area contributed by atoms with E-state index in [-0.39, 0.29) is 17.6 Å². The molecule has 22 heavy (non-hydrogen) atoms. The third kappa shape index (κ3) is 2.60. The van der Waals surface area contributed by atoms with E-state index in [4.69, 9.17) is 11.5 Å². The Morgan fingerprint density at radius 3 is 2.82 bits per heavy atom. The standard InChI is InChI=1S/C14H11N3O5/c1-2-6-17-12-8(4-3-5-15-12)11(20)10(14(17)22)13(21)16-7-9(18)19/h1,3-5,20H,6-7H2,(H,16,21)(H,18,19). The van der Waals surface area contributed by atoms with Gasteiger partial charge >= 0.3 is 5.97 Å². The second kappa shape index (κ2) is 5.97. The van der Waals surface area contributed by atoms with E-state index < -0.39 is 35.3 Å². The SMILES string of the molecule is C#CCn1c(=O)c(C(=O)NCC(=O)O)c(O)c2cccnc21. The molecule has 1 amide bonds. The first-order chi connectivity index (χ1) is 10.5. The average molecular weight is 301 g/mol. The highest BCUT2D eigenvalue weighted by atomic mass is 16.4. The molecule has 2 aromatic rings. The summed E-state index contributed by atoms with van der Waals surface area (Å²) in [5, 5.41) is 20.9. The molecule has 0 aliphatic heterocycles. The number of carboxylic acids is 1. The fraction of sp³-hybridized carbons (Fsp3) is 0.143. The maximum Gasteiger partial charge on any atom is 0.322 e. The van der Waals surface area contributed by atoms with Gasteiger partial charge in [0.25, 0.3) is 11.5 Å². The Morgan fingerprint density at radius 1 is 1.45 bits per heavy atom. The van der Waals surface area contributed by atoms with Crippen LogP contribution < -0.4 is 10.9 Å². The Balaban J connectivity index is 2.69. The number of hydrogen-bond donors (Lipinski definition) is 3. The molecule has 0 unspecified atom stereocenters. The number of carboxylic acid groups (broad SMARTS) is 1. The maximum absolute atomic E-state index is 12.3. The molecule has 3 N–H and O–H groups in total. The minimum absolute atomic E-state index is 0.137. The zero-order chi connectivity index (χ0) is 16.3. The Bertz CT molecular complexity index is 863. The Labute approximate surface area is 124 Å². The number of carbonyl (C=O) groups excluding carboxylic acids is 1. The summed E-state index contributed by atoms with van der Waals surface area (Å²) in [6.07, 6.45) is 6.62. The van der Waals surface area contributed by atoms with Gasteiger partial charge in [-0.25, -0.2) is 4.98 Å². The van der Waals surface area contributed by atoms with Crippen molar-refractivity contribution < 1.29 is 19.8 Å². The van der Waals surface area contributed by atoms with Crippen molar-refractivity contribution in [2.75, 3.05) is 6.54 Å². The zero-order valence-corrected chi connectivity index (χ0v) is 11.2. The highest BCUT2D eigenvalue weighted by Crippen LogP contribution is 2.24. The van der Waals surface area contributed by atoms with Crippen LogP contribution in [0.25, 0.3) is 11.0 Å². The number of rotatable bonds is 4. The number of amides is 1. The molecule has 2 heterocycles. The monoisotopic (exact) mass is 301 g/mol. The second-order valence-corrected chi connectivity index (χ2v) is 4.27. The molecule has 0 spiro atoms. The van der Waals surface area contributed by atoms with Crippen LogP contribution in [0.4, 0.5) is 0 Å². The summed E-state index contributed by atoms with van der Waals surface area (Å²) in [5.41, 5.74) is -1.28. The molecule has 2 rings (SSSR count). The van der Waals surface area contributed by atoms with E-state index in [0.29, 0.717) is 0 Å². The average Bonchev–Trinajstić information content (AvgIpc) is 2.49. The fourth-order valence-electron chi connectivity index (χ4n) is 1.95. The number of aliphatic carboxylic acids is 1. The number of nitrogens with zero attached hydrogens (tertiary/aromatic N) is 2. The van der Waals surface area contributed by atoms with E-state index >= 15 is 0 Å². The predicted octanol–water partition coefficient (Wildman–Crippen LogP) is -0.450. The zero-order valence-electron chi connectivity index (χ0n) is 11.2. The van der Waals surface area contributed by atoms with Crippen molar-refractivity contribution in [1.82, 2.24) is 14.9 Å². The normalized spacial score (nSPS) is 10.1. The molecule has 0 aliphatic carbocycles. The van der Waals surface area contributed by atoms with Gasteiger partial charge in [-0.3, -0.25) is 19.0 Å². The van der Waals surface area contributed by atoms with Gasteiger partial charge in [0.05, 0.1) is 11.9 Å².